The van der Waals surface area contributed by atoms with E-state index in [1.165, 1.54) is 12.1 Å². The summed E-state index contributed by atoms with van der Waals surface area (Å²) in [7, 11) is 0. The lowest BCUT2D eigenvalue weighted by Crippen LogP contribution is -2.14. The number of hydrogen-bond acceptors (Lipinski definition) is 5. The minimum absolute atomic E-state index is 0.00789. The molecule has 2 heterocycles. The van der Waals surface area contributed by atoms with Gasteiger partial charge in [-0.25, -0.2) is 14.4 Å². The van der Waals surface area contributed by atoms with Gasteiger partial charge in [0.1, 0.15) is 23.1 Å². The predicted octanol–water partition coefficient (Wildman–Crippen LogP) is 3.96. The first kappa shape index (κ1) is 17.8. The molecule has 0 aliphatic heterocycles. The highest BCUT2D eigenvalue weighted by atomic mass is 19.1. The van der Waals surface area contributed by atoms with Gasteiger partial charge in [0.2, 0.25) is 5.91 Å². The third-order valence-electron chi connectivity index (χ3n) is 4.41. The Kier molecular flexibility index (Phi) is 4.80. The number of nitrogens with one attached hydrogen (secondary N) is 1. The zero-order chi connectivity index (χ0) is 19.5. The van der Waals surface area contributed by atoms with Crippen LogP contribution in [0.4, 0.5) is 21.7 Å². The van der Waals surface area contributed by atoms with E-state index in [-0.39, 0.29) is 23.5 Å². The minimum Gasteiger partial charge on any atom is -0.382 e. The van der Waals surface area contributed by atoms with Crippen LogP contribution in [0.5, 0.6) is 0 Å². The summed E-state index contributed by atoms with van der Waals surface area (Å²) < 4.78 is 13.6. The monoisotopic (exact) mass is 375 g/mol. The molecule has 140 valence electrons. The van der Waals surface area contributed by atoms with E-state index in [1.807, 2.05) is 0 Å². The maximum Gasteiger partial charge on any atom is 0.228 e. The van der Waals surface area contributed by atoms with E-state index in [1.54, 1.807) is 48.9 Å². The zero-order valence-electron chi connectivity index (χ0n) is 15.0. The highest BCUT2D eigenvalue weighted by Gasteiger charge is 2.29. The van der Waals surface area contributed by atoms with Gasteiger partial charge in [-0.3, -0.25) is 9.79 Å². The van der Waals surface area contributed by atoms with Crippen molar-refractivity contribution in [3.8, 4) is 11.1 Å². The van der Waals surface area contributed by atoms with E-state index in [0.717, 1.165) is 18.4 Å². The van der Waals surface area contributed by atoms with Gasteiger partial charge in [0.15, 0.2) is 0 Å². The Morgan fingerprint density at radius 1 is 1.18 bits per heavy atom. The summed E-state index contributed by atoms with van der Waals surface area (Å²) in [5.74, 6) is 0.474. The van der Waals surface area contributed by atoms with Crippen molar-refractivity contribution in [1.29, 1.82) is 0 Å². The van der Waals surface area contributed by atoms with Gasteiger partial charge >= 0.3 is 0 Å². The quantitative estimate of drug-likeness (QED) is 0.660. The van der Waals surface area contributed by atoms with Crippen LogP contribution >= 0.6 is 0 Å². The molecule has 0 radical (unpaired) electrons. The number of nitrogen functional groups attached to an aromatic ring is 1. The molecule has 4 rings (SSSR count). The van der Waals surface area contributed by atoms with Gasteiger partial charge < -0.3 is 11.1 Å². The van der Waals surface area contributed by atoms with Gasteiger partial charge in [0.05, 0.1) is 0 Å². The Bertz CT molecular complexity index is 1060. The SMILES string of the molecule is Nc1nccc(-c2cccc(F)c2)c1/N=C/c1ccnc(NC(=O)C2CC2)c1. The van der Waals surface area contributed by atoms with E-state index in [4.69, 9.17) is 5.73 Å². The molecule has 1 amide bonds. The number of nitrogens with two attached hydrogens (primary N) is 1. The van der Waals surface area contributed by atoms with Crippen LogP contribution in [-0.4, -0.2) is 22.1 Å². The van der Waals surface area contributed by atoms with Crippen molar-refractivity contribution in [3.05, 3.63) is 66.2 Å². The van der Waals surface area contributed by atoms with Gasteiger partial charge in [0, 0.05) is 30.1 Å². The number of amides is 1. The molecule has 28 heavy (non-hydrogen) atoms. The molecule has 3 aromatic rings. The molecule has 0 spiro atoms. The molecular weight excluding hydrogens is 357 g/mol. The molecule has 2 aromatic heterocycles. The van der Waals surface area contributed by atoms with Crippen molar-refractivity contribution in [2.45, 2.75) is 12.8 Å². The van der Waals surface area contributed by atoms with E-state index < -0.39 is 0 Å². The number of carbonyl (C=O) groups is 1. The largest absolute Gasteiger partial charge is 0.382 e. The third kappa shape index (κ3) is 4.03. The maximum atomic E-state index is 13.6. The smallest absolute Gasteiger partial charge is 0.228 e. The molecule has 1 aliphatic carbocycles. The lowest BCUT2D eigenvalue weighted by molar-refractivity contribution is -0.117. The molecule has 1 aliphatic rings. The number of pyridine rings is 2. The molecule has 1 saturated carbocycles. The number of hydrogen-bond donors (Lipinski definition) is 2. The first-order valence-corrected chi connectivity index (χ1v) is 8.91. The molecule has 1 aromatic carbocycles. The van der Waals surface area contributed by atoms with Crippen molar-refractivity contribution in [2.75, 3.05) is 11.1 Å². The summed E-state index contributed by atoms with van der Waals surface area (Å²) in [5, 5.41) is 2.81. The summed E-state index contributed by atoms with van der Waals surface area (Å²) in [4.78, 5) is 24.6. The molecule has 7 heteroatoms. The minimum atomic E-state index is -0.340. The molecule has 0 atom stereocenters. The molecule has 1 fully saturated rings. The maximum absolute atomic E-state index is 13.6. The number of halogens is 1. The third-order valence-corrected chi connectivity index (χ3v) is 4.41. The van der Waals surface area contributed by atoms with Gasteiger partial charge in [-0.05, 0) is 54.3 Å². The number of carbonyl (C=O) groups excluding carboxylic acids is 1. The van der Waals surface area contributed by atoms with Gasteiger partial charge in [-0.2, -0.15) is 0 Å². The fraction of sp³-hybridized carbons (Fsp3) is 0.143. The van der Waals surface area contributed by atoms with E-state index in [0.29, 0.717) is 22.6 Å². The standard InChI is InChI=1S/C21H18FN5O/c22-16-3-1-2-15(11-16)17-7-9-25-20(23)19(17)26-12-13-6-8-24-18(10-13)27-21(28)14-4-5-14/h1-3,6-12,14H,4-5H2,(H2,23,25)(H,24,27,28)/b26-12+. The average molecular weight is 375 g/mol. The average Bonchev–Trinajstić information content (AvgIpc) is 3.52. The second-order valence-electron chi connectivity index (χ2n) is 6.60. The van der Waals surface area contributed by atoms with E-state index in [2.05, 4.69) is 20.3 Å². The summed E-state index contributed by atoms with van der Waals surface area (Å²) in [5.41, 5.74) is 8.55. The van der Waals surface area contributed by atoms with Crippen molar-refractivity contribution in [1.82, 2.24) is 9.97 Å². The Labute approximate surface area is 161 Å². The lowest BCUT2D eigenvalue weighted by atomic mass is 10.0. The van der Waals surface area contributed by atoms with Crippen LogP contribution in [0.2, 0.25) is 0 Å². The highest BCUT2D eigenvalue weighted by molar-refractivity contribution is 5.94. The van der Waals surface area contributed by atoms with Crippen LogP contribution in [0.1, 0.15) is 18.4 Å². The number of aromatic nitrogens is 2. The normalized spacial score (nSPS) is 13.6. The van der Waals surface area contributed by atoms with Crippen molar-refractivity contribution in [2.24, 2.45) is 10.9 Å². The summed E-state index contributed by atoms with van der Waals surface area (Å²) >= 11 is 0. The van der Waals surface area contributed by atoms with Crippen molar-refractivity contribution >= 4 is 29.4 Å². The Morgan fingerprint density at radius 3 is 2.79 bits per heavy atom. The van der Waals surface area contributed by atoms with Crippen LogP contribution in [0.3, 0.4) is 0 Å². The Hall–Kier alpha value is -3.61. The molecule has 6 nitrogen and oxygen atoms in total. The first-order valence-electron chi connectivity index (χ1n) is 8.91. The van der Waals surface area contributed by atoms with Gasteiger partial charge in [-0.1, -0.05) is 12.1 Å². The van der Waals surface area contributed by atoms with Crippen LogP contribution < -0.4 is 11.1 Å². The highest BCUT2D eigenvalue weighted by Crippen LogP contribution is 2.34. The van der Waals surface area contributed by atoms with Crippen LogP contribution in [0.15, 0.2) is 59.9 Å². The zero-order valence-corrected chi connectivity index (χ0v) is 15.0. The molecule has 3 N–H and O–H groups in total. The number of benzene rings is 1. The van der Waals surface area contributed by atoms with Crippen molar-refractivity contribution < 1.29 is 9.18 Å². The fourth-order valence-electron chi connectivity index (χ4n) is 2.80. The fourth-order valence-corrected chi connectivity index (χ4v) is 2.80. The number of rotatable bonds is 5. The Morgan fingerprint density at radius 2 is 2.00 bits per heavy atom. The number of anilines is 2. The van der Waals surface area contributed by atoms with Crippen molar-refractivity contribution in [3.63, 3.8) is 0 Å². The summed E-state index contributed by atoms with van der Waals surface area (Å²) in [6.07, 6.45) is 6.63. The number of aliphatic imine (C=N–C) groups is 1. The lowest BCUT2D eigenvalue weighted by Gasteiger charge is -2.08. The van der Waals surface area contributed by atoms with Crippen LogP contribution in [0, 0.1) is 11.7 Å². The summed E-state index contributed by atoms with van der Waals surface area (Å²) in [6.45, 7) is 0. The second-order valence-corrected chi connectivity index (χ2v) is 6.60. The van der Waals surface area contributed by atoms with E-state index in [9.17, 15) is 9.18 Å². The Balaban J connectivity index is 1.62. The molecular formula is C21H18FN5O. The molecule has 0 bridgehead atoms. The predicted molar refractivity (Wildman–Crippen MR) is 107 cm³/mol. The topological polar surface area (TPSA) is 93.3 Å². The molecule has 0 unspecified atom stereocenters. The van der Waals surface area contributed by atoms with Gasteiger partial charge in [0.25, 0.3) is 0 Å². The first-order chi connectivity index (χ1) is 13.6. The van der Waals surface area contributed by atoms with Gasteiger partial charge in [-0.15, -0.1) is 0 Å². The molecule has 0 saturated heterocycles. The van der Waals surface area contributed by atoms with Crippen LogP contribution in [-0.2, 0) is 4.79 Å². The second kappa shape index (κ2) is 7.56. The summed E-state index contributed by atoms with van der Waals surface area (Å²) in [6, 6.07) is 11.5. The number of nitrogens with zero attached hydrogens (tertiary/aromatic N) is 3. The van der Waals surface area contributed by atoms with E-state index >= 15 is 0 Å². The van der Waals surface area contributed by atoms with Crippen LogP contribution in [0.25, 0.3) is 11.1 Å².